The maximum atomic E-state index is 13.1. The van der Waals surface area contributed by atoms with Gasteiger partial charge in [-0.15, -0.1) is 0 Å². The number of nitrogens with one attached hydrogen (secondary N) is 2. The topological polar surface area (TPSA) is 41.1 Å². The fourth-order valence-electron chi connectivity index (χ4n) is 1.79. The molecule has 0 aliphatic rings. The first-order chi connectivity index (χ1) is 9.85. The molecule has 0 fully saturated rings. The zero-order chi connectivity index (χ0) is 16.0. The van der Waals surface area contributed by atoms with Gasteiger partial charge in [0.25, 0.3) is 0 Å². The fraction of sp³-hybridized carbons (Fsp3) is 0.533. The number of halogens is 3. The van der Waals surface area contributed by atoms with Crippen LogP contribution in [0.1, 0.15) is 45.2 Å². The van der Waals surface area contributed by atoms with Gasteiger partial charge in [-0.1, -0.05) is 6.92 Å². The van der Waals surface area contributed by atoms with Gasteiger partial charge in [-0.25, -0.2) is 13.2 Å². The Kier molecular flexibility index (Phi) is 6.68. The van der Waals surface area contributed by atoms with Crippen molar-refractivity contribution >= 4 is 5.91 Å². The van der Waals surface area contributed by atoms with Crippen molar-refractivity contribution in [2.75, 3.05) is 6.54 Å². The molecule has 0 bridgehead atoms. The van der Waals surface area contributed by atoms with Crippen LogP contribution in [0.25, 0.3) is 0 Å². The third-order valence-electron chi connectivity index (χ3n) is 3.33. The number of rotatable bonds is 7. The lowest BCUT2D eigenvalue weighted by Crippen LogP contribution is -2.34. The maximum absolute atomic E-state index is 13.1. The molecule has 0 unspecified atom stereocenters. The molecule has 0 radical (unpaired) electrons. The Morgan fingerprint density at radius 1 is 1.19 bits per heavy atom. The minimum absolute atomic E-state index is 0.0829. The van der Waals surface area contributed by atoms with Gasteiger partial charge < -0.3 is 10.6 Å². The van der Waals surface area contributed by atoms with Crippen LogP contribution in [-0.4, -0.2) is 18.5 Å². The Labute approximate surface area is 122 Å². The van der Waals surface area contributed by atoms with E-state index >= 15 is 0 Å². The third kappa shape index (κ3) is 5.38. The predicted octanol–water partition coefficient (Wildman–Crippen LogP) is 3.06. The molecule has 6 heteroatoms. The van der Waals surface area contributed by atoms with Gasteiger partial charge >= 0.3 is 0 Å². The van der Waals surface area contributed by atoms with Crippen LogP contribution >= 0.6 is 0 Å². The second-order valence-corrected chi connectivity index (χ2v) is 5.10. The number of benzene rings is 1. The van der Waals surface area contributed by atoms with Crippen molar-refractivity contribution in [1.29, 1.82) is 0 Å². The number of hydrogen-bond acceptors (Lipinski definition) is 2. The molecule has 0 heterocycles. The number of carbonyl (C=O) groups is 1. The van der Waals surface area contributed by atoms with Crippen LogP contribution in [0.5, 0.6) is 0 Å². The molecule has 118 valence electrons. The number of hydrogen-bond donors (Lipinski definition) is 2. The van der Waals surface area contributed by atoms with E-state index in [0.29, 0.717) is 12.1 Å². The van der Waals surface area contributed by atoms with Crippen molar-refractivity contribution in [3.63, 3.8) is 0 Å². The van der Waals surface area contributed by atoms with Crippen LogP contribution in [-0.2, 0) is 4.79 Å². The highest BCUT2D eigenvalue weighted by Crippen LogP contribution is 2.18. The summed E-state index contributed by atoms with van der Waals surface area (Å²) < 4.78 is 39.1. The second-order valence-electron chi connectivity index (χ2n) is 5.10. The third-order valence-corrected chi connectivity index (χ3v) is 3.33. The molecule has 0 aliphatic carbocycles. The molecule has 2 atom stereocenters. The Morgan fingerprint density at radius 2 is 1.76 bits per heavy atom. The summed E-state index contributed by atoms with van der Waals surface area (Å²) in [5.41, 5.74) is 0.300. The molecule has 0 saturated heterocycles. The summed E-state index contributed by atoms with van der Waals surface area (Å²) in [5.74, 6) is -3.99. The van der Waals surface area contributed by atoms with Crippen LogP contribution < -0.4 is 10.6 Å². The Morgan fingerprint density at radius 3 is 2.29 bits per heavy atom. The highest BCUT2D eigenvalue weighted by atomic mass is 19.2. The number of amides is 1. The highest BCUT2D eigenvalue weighted by molar-refractivity contribution is 5.76. The highest BCUT2D eigenvalue weighted by Gasteiger charge is 2.14. The molecule has 1 rings (SSSR count). The second kappa shape index (κ2) is 8.02. The van der Waals surface area contributed by atoms with Crippen LogP contribution in [0.3, 0.4) is 0 Å². The molecule has 0 aromatic heterocycles. The quantitative estimate of drug-likeness (QED) is 0.760. The first-order valence-electron chi connectivity index (χ1n) is 7.02. The van der Waals surface area contributed by atoms with Crippen LogP contribution in [0.4, 0.5) is 13.2 Å². The van der Waals surface area contributed by atoms with Gasteiger partial charge in [-0.05, 0) is 38.0 Å². The first kappa shape index (κ1) is 17.5. The minimum Gasteiger partial charge on any atom is -0.354 e. The van der Waals surface area contributed by atoms with Gasteiger partial charge in [0, 0.05) is 25.0 Å². The smallest absolute Gasteiger partial charge is 0.221 e. The molecule has 1 amide bonds. The molecular weight excluding hydrogens is 281 g/mol. The average Bonchev–Trinajstić information content (AvgIpc) is 2.43. The summed E-state index contributed by atoms with van der Waals surface area (Å²) in [7, 11) is 0. The molecule has 0 saturated carbocycles. The first-order valence-corrected chi connectivity index (χ1v) is 7.02. The fourth-order valence-corrected chi connectivity index (χ4v) is 1.79. The molecule has 21 heavy (non-hydrogen) atoms. The van der Waals surface area contributed by atoms with Crippen molar-refractivity contribution < 1.29 is 18.0 Å². The monoisotopic (exact) mass is 302 g/mol. The van der Waals surface area contributed by atoms with E-state index in [1.165, 1.54) is 0 Å². The Balaban J connectivity index is 2.47. The Hall–Kier alpha value is -1.56. The molecule has 1 aromatic rings. The van der Waals surface area contributed by atoms with E-state index in [0.717, 1.165) is 18.6 Å². The van der Waals surface area contributed by atoms with E-state index in [1.807, 2.05) is 13.8 Å². The molecule has 2 N–H and O–H groups in total. The summed E-state index contributed by atoms with van der Waals surface area (Å²) >= 11 is 0. The van der Waals surface area contributed by atoms with Crippen LogP contribution in [0.2, 0.25) is 0 Å². The van der Waals surface area contributed by atoms with Crippen molar-refractivity contribution in [2.45, 2.75) is 45.7 Å². The summed E-state index contributed by atoms with van der Waals surface area (Å²) in [6.07, 6.45) is 1.12. The van der Waals surface area contributed by atoms with Gasteiger partial charge in [0.1, 0.15) is 0 Å². The van der Waals surface area contributed by atoms with E-state index in [4.69, 9.17) is 0 Å². The van der Waals surface area contributed by atoms with Crippen LogP contribution in [0, 0.1) is 17.5 Å². The molecule has 0 spiro atoms. The van der Waals surface area contributed by atoms with Gasteiger partial charge in [-0.2, -0.15) is 0 Å². The zero-order valence-electron chi connectivity index (χ0n) is 12.5. The van der Waals surface area contributed by atoms with Crippen molar-refractivity contribution in [1.82, 2.24) is 10.6 Å². The van der Waals surface area contributed by atoms with Gasteiger partial charge in [0.05, 0.1) is 0 Å². The standard InChI is InChI=1S/C15H21F3N2O/c1-4-9(2)20-14(21)5-6-19-10(3)11-7-12(16)15(18)13(17)8-11/h7-10,19H,4-6H2,1-3H3,(H,20,21)/t9-,10+/m1/s1. The summed E-state index contributed by atoms with van der Waals surface area (Å²) in [5, 5.41) is 5.80. The molecule has 0 aliphatic heterocycles. The van der Waals surface area contributed by atoms with E-state index in [9.17, 15) is 18.0 Å². The van der Waals surface area contributed by atoms with Crippen molar-refractivity contribution in [3.05, 3.63) is 35.1 Å². The summed E-state index contributed by atoms with van der Waals surface area (Å²) in [6, 6.07) is 1.64. The normalized spacial score (nSPS) is 13.8. The maximum Gasteiger partial charge on any atom is 0.221 e. The van der Waals surface area contributed by atoms with Gasteiger partial charge in [0.15, 0.2) is 17.5 Å². The van der Waals surface area contributed by atoms with Crippen LogP contribution in [0.15, 0.2) is 12.1 Å². The largest absolute Gasteiger partial charge is 0.354 e. The van der Waals surface area contributed by atoms with E-state index in [-0.39, 0.29) is 24.4 Å². The predicted molar refractivity (Wildman–Crippen MR) is 75.2 cm³/mol. The minimum atomic E-state index is -1.47. The molecule has 1 aromatic carbocycles. The molecular formula is C15H21F3N2O. The lowest BCUT2D eigenvalue weighted by Gasteiger charge is -2.16. The van der Waals surface area contributed by atoms with Crippen molar-refractivity contribution in [3.8, 4) is 0 Å². The molecule has 3 nitrogen and oxygen atoms in total. The number of carbonyl (C=O) groups excluding carboxylic acids is 1. The average molecular weight is 302 g/mol. The SMILES string of the molecule is CC[C@@H](C)NC(=O)CCN[C@@H](C)c1cc(F)c(F)c(F)c1. The van der Waals surface area contributed by atoms with Gasteiger partial charge in [-0.3, -0.25) is 4.79 Å². The van der Waals surface area contributed by atoms with Crippen molar-refractivity contribution in [2.24, 2.45) is 0 Å². The lowest BCUT2D eigenvalue weighted by molar-refractivity contribution is -0.121. The van der Waals surface area contributed by atoms with E-state index in [1.54, 1.807) is 6.92 Å². The summed E-state index contributed by atoms with van der Waals surface area (Å²) in [4.78, 5) is 11.6. The zero-order valence-corrected chi connectivity index (χ0v) is 12.5. The lowest BCUT2D eigenvalue weighted by atomic mass is 10.1. The summed E-state index contributed by atoms with van der Waals surface area (Å²) in [6.45, 7) is 5.95. The van der Waals surface area contributed by atoms with E-state index < -0.39 is 17.5 Å². The van der Waals surface area contributed by atoms with E-state index in [2.05, 4.69) is 10.6 Å². The Bertz CT molecular complexity index is 471. The van der Waals surface area contributed by atoms with Gasteiger partial charge in [0.2, 0.25) is 5.91 Å².